The van der Waals surface area contributed by atoms with Gasteiger partial charge in [0.25, 0.3) is 5.91 Å². The summed E-state index contributed by atoms with van der Waals surface area (Å²) < 4.78 is 5.64. The van der Waals surface area contributed by atoms with E-state index in [1.165, 1.54) is 0 Å². The maximum Gasteiger partial charge on any atom is 0.305 e. The SMILES string of the molecule is Cc1nc(COc2cccc(C(=O)NC(C)CC(=O)O)c2)cs1. The lowest BCUT2D eigenvalue weighted by molar-refractivity contribution is -0.137. The van der Waals surface area contributed by atoms with E-state index in [9.17, 15) is 9.59 Å². The predicted molar refractivity (Wildman–Crippen MR) is 86.8 cm³/mol. The van der Waals surface area contributed by atoms with Crippen LogP contribution in [0.25, 0.3) is 0 Å². The second-order valence-electron chi connectivity index (χ2n) is 5.15. The van der Waals surface area contributed by atoms with E-state index in [1.54, 1.807) is 42.5 Å². The highest BCUT2D eigenvalue weighted by molar-refractivity contribution is 7.09. The summed E-state index contributed by atoms with van der Waals surface area (Å²) in [6, 6.07) is 6.32. The van der Waals surface area contributed by atoms with E-state index in [0.717, 1.165) is 10.7 Å². The molecule has 0 aliphatic heterocycles. The third-order valence-corrected chi connectivity index (χ3v) is 3.83. The number of ether oxygens (including phenoxy) is 1. The minimum atomic E-state index is -0.951. The number of carbonyl (C=O) groups excluding carboxylic acids is 1. The molecule has 6 nitrogen and oxygen atoms in total. The standard InChI is InChI=1S/C16H18N2O4S/c1-10(6-15(19)20)17-16(21)12-4-3-5-14(7-12)22-8-13-9-23-11(2)18-13/h3-5,7,9-10H,6,8H2,1-2H3,(H,17,21)(H,19,20). The van der Waals surface area contributed by atoms with Gasteiger partial charge in [0.2, 0.25) is 0 Å². The van der Waals surface area contributed by atoms with E-state index in [2.05, 4.69) is 10.3 Å². The maximum absolute atomic E-state index is 12.1. The summed E-state index contributed by atoms with van der Waals surface area (Å²) in [5.74, 6) is -0.712. The minimum absolute atomic E-state index is 0.120. The smallest absolute Gasteiger partial charge is 0.305 e. The van der Waals surface area contributed by atoms with E-state index in [-0.39, 0.29) is 12.3 Å². The molecule has 0 spiro atoms. The molecule has 122 valence electrons. The third kappa shape index (κ3) is 5.37. The van der Waals surface area contributed by atoms with E-state index >= 15 is 0 Å². The molecule has 0 fully saturated rings. The quantitative estimate of drug-likeness (QED) is 0.812. The maximum atomic E-state index is 12.1. The van der Waals surface area contributed by atoms with Crippen molar-refractivity contribution in [3.05, 3.63) is 45.9 Å². The van der Waals surface area contributed by atoms with Gasteiger partial charge in [-0.15, -0.1) is 11.3 Å². The molecule has 0 aliphatic carbocycles. The minimum Gasteiger partial charge on any atom is -0.487 e. The van der Waals surface area contributed by atoms with Crippen molar-refractivity contribution in [1.29, 1.82) is 0 Å². The zero-order chi connectivity index (χ0) is 16.8. The molecule has 1 atom stereocenters. The molecule has 1 aromatic heterocycles. The first-order valence-electron chi connectivity index (χ1n) is 7.10. The van der Waals surface area contributed by atoms with Crippen LogP contribution >= 0.6 is 11.3 Å². The predicted octanol–water partition coefficient (Wildman–Crippen LogP) is 2.62. The zero-order valence-electron chi connectivity index (χ0n) is 12.9. The van der Waals surface area contributed by atoms with Gasteiger partial charge in [0.05, 0.1) is 17.1 Å². The Bertz CT molecular complexity index is 699. The van der Waals surface area contributed by atoms with Crippen molar-refractivity contribution < 1.29 is 19.4 Å². The van der Waals surface area contributed by atoms with Gasteiger partial charge in [-0.3, -0.25) is 9.59 Å². The van der Waals surface area contributed by atoms with Gasteiger partial charge in [-0.1, -0.05) is 6.07 Å². The summed E-state index contributed by atoms with van der Waals surface area (Å²) >= 11 is 1.56. The van der Waals surface area contributed by atoms with Crippen LogP contribution in [0.4, 0.5) is 0 Å². The molecular formula is C16H18N2O4S. The molecule has 1 amide bonds. The summed E-state index contributed by atoms with van der Waals surface area (Å²) in [6.45, 7) is 3.92. The number of benzene rings is 1. The Morgan fingerprint density at radius 2 is 2.22 bits per heavy atom. The molecule has 2 N–H and O–H groups in total. The molecular weight excluding hydrogens is 316 g/mol. The Morgan fingerprint density at radius 1 is 1.43 bits per heavy atom. The van der Waals surface area contributed by atoms with Crippen molar-refractivity contribution in [2.45, 2.75) is 32.9 Å². The molecule has 23 heavy (non-hydrogen) atoms. The number of nitrogens with zero attached hydrogens (tertiary/aromatic N) is 1. The van der Waals surface area contributed by atoms with Gasteiger partial charge in [0.1, 0.15) is 12.4 Å². The highest BCUT2D eigenvalue weighted by Crippen LogP contribution is 2.16. The van der Waals surface area contributed by atoms with Gasteiger partial charge in [-0.2, -0.15) is 0 Å². The van der Waals surface area contributed by atoms with Crippen LogP contribution in [0.2, 0.25) is 0 Å². The molecule has 0 saturated heterocycles. The van der Waals surface area contributed by atoms with Crippen LogP contribution in [0.3, 0.4) is 0 Å². The number of thiazole rings is 1. The summed E-state index contributed by atoms with van der Waals surface area (Å²) in [6.07, 6.45) is -0.120. The monoisotopic (exact) mass is 334 g/mol. The normalized spacial score (nSPS) is 11.7. The van der Waals surface area contributed by atoms with E-state index in [1.807, 2.05) is 12.3 Å². The molecule has 0 saturated carbocycles. The number of hydrogen-bond donors (Lipinski definition) is 2. The number of carboxylic acids is 1. The Labute approximate surface area is 138 Å². The van der Waals surface area contributed by atoms with Crippen molar-refractivity contribution in [3.8, 4) is 5.75 Å². The summed E-state index contributed by atoms with van der Waals surface area (Å²) in [7, 11) is 0. The van der Waals surface area contributed by atoms with Gasteiger partial charge < -0.3 is 15.2 Å². The average molecular weight is 334 g/mol. The fourth-order valence-electron chi connectivity index (χ4n) is 1.98. The van der Waals surface area contributed by atoms with Crippen molar-refractivity contribution in [1.82, 2.24) is 10.3 Å². The zero-order valence-corrected chi connectivity index (χ0v) is 13.7. The molecule has 0 aliphatic rings. The van der Waals surface area contributed by atoms with E-state index < -0.39 is 12.0 Å². The first-order chi connectivity index (χ1) is 10.9. The van der Waals surface area contributed by atoms with Crippen molar-refractivity contribution in [2.75, 3.05) is 0 Å². The van der Waals surface area contributed by atoms with Crippen LogP contribution in [-0.2, 0) is 11.4 Å². The van der Waals surface area contributed by atoms with Gasteiger partial charge in [0, 0.05) is 17.0 Å². The molecule has 0 bridgehead atoms. The second kappa shape index (κ2) is 7.73. The number of aryl methyl sites for hydroxylation is 1. The van der Waals surface area contributed by atoms with Crippen molar-refractivity contribution in [3.63, 3.8) is 0 Å². The first-order valence-corrected chi connectivity index (χ1v) is 7.98. The van der Waals surface area contributed by atoms with Gasteiger partial charge in [-0.05, 0) is 32.0 Å². The Morgan fingerprint density at radius 3 is 2.87 bits per heavy atom. The number of aromatic nitrogens is 1. The number of rotatable bonds is 7. The largest absolute Gasteiger partial charge is 0.487 e. The number of hydrogen-bond acceptors (Lipinski definition) is 5. The van der Waals surface area contributed by atoms with Gasteiger partial charge in [-0.25, -0.2) is 4.98 Å². The highest BCUT2D eigenvalue weighted by Gasteiger charge is 2.13. The van der Waals surface area contributed by atoms with Crippen LogP contribution < -0.4 is 10.1 Å². The lowest BCUT2D eigenvalue weighted by Gasteiger charge is -2.12. The van der Waals surface area contributed by atoms with Crippen LogP contribution in [0.5, 0.6) is 5.75 Å². The van der Waals surface area contributed by atoms with Crippen LogP contribution in [0.15, 0.2) is 29.6 Å². The topological polar surface area (TPSA) is 88.5 Å². The summed E-state index contributed by atoms with van der Waals surface area (Å²) in [4.78, 5) is 27.0. The molecule has 1 aromatic carbocycles. The van der Waals surface area contributed by atoms with E-state index in [0.29, 0.717) is 17.9 Å². The lowest BCUT2D eigenvalue weighted by atomic mass is 10.1. The van der Waals surface area contributed by atoms with Gasteiger partial charge >= 0.3 is 5.97 Å². The molecule has 2 rings (SSSR count). The Hall–Kier alpha value is -2.41. The summed E-state index contributed by atoms with van der Waals surface area (Å²) in [5, 5.41) is 14.3. The molecule has 2 aromatic rings. The fourth-order valence-corrected chi connectivity index (χ4v) is 2.58. The van der Waals surface area contributed by atoms with Crippen LogP contribution in [0, 0.1) is 6.92 Å². The lowest BCUT2D eigenvalue weighted by Crippen LogP contribution is -2.34. The number of nitrogens with one attached hydrogen (secondary N) is 1. The van der Waals surface area contributed by atoms with E-state index in [4.69, 9.17) is 9.84 Å². The third-order valence-electron chi connectivity index (χ3n) is 3.01. The average Bonchev–Trinajstić information content (AvgIpc) is 2.90. The molecule has 1 heterocycles. The number of amides is 1. The molecule has 0 radical (unpaired) electrons. The first kappa shape index (κ1) is 17.0. The summed E-state index contributed by atoms with van der Waals surface area (Å²) in [5.41, 5.74) is 1.27. The number of aliphatic carboxylic acids is 1. The molecule has 7 heteroatoms. The highest BCUT2D eigenvalue weighted by atomic mass is 32.1. The van der Waals surface area contributed by atoms with Crippen molar-refractivity contribution in [2.24, 2.45) is 0 Å². The number of carbonyl (C=O) groups is 2. The fraction of sp³-hybridized carbons (Fsp3) is 0.312. The van der Waals surface area contributed by atoms with Gasteiger partial charge in [0.15, 0.2) is 0 Å². The van der Waals surface area contributed by atoms with Crippen molar-refractivity contribution >= 4 is 23.2 Å². The number of carboxylic acid groups (broad SMARTS) is 1. The molecule has 1 unspecified atom stereocenters. The Balaban J connectivity index is 1.95. The van der Waals surface area contributed by atoms with Crippen LogP contribution in [-0.4, -0.2) is 28.0 Å². The van der Waals surface area contributed by atoms with Crippen LogP contribution in [0.1, 0.15) is 34.4 Å². The second-order valence-corrected chi connectivity index (χ2v) is 6.21. The Kier molecular flexibility index (Phi) is 5.70.